The second-order valence-corrected chi connectivity index (χ2v) is 2.36. The first kappa shape index (κ1) is 9.85. The molecule has 0 fully saturated rings. The Bertz CT molecular complexity index is 379. The second kappa shape index (κ2) is 4.70. The third-order valence-electron chi connectivity index (χ3n) is 1.44. The van der Waals surface area contributed by atoms with Crippen LogP contribution in [0.1, 0.15) is 5.56 Å². The molecular formula is C10H8NO3+. The zero-order valence-corrected chi connectivity index (χ0v) is 7.52. The molecule has 0 spiro atoms. The third kappa shape index (κ3) is 2.67. The molecule has 4 heteroatoms. The van der Waals surface area contributed by atoms with E-state index in [1.165, 1.54) is 7.11 Å². The van der Waals surface area contributed by atoms with Gasteiger partial charge in [-0.25, -0.2) is 0 Å². The minimum atomic E-state index is -0.320. The molecule has 0 amide bonds. The molecule has 0 aliphatic carbocycles. The molecule has 14 heavy (non-hydrogen) atoms. The average Bonchev–Trinajstić information content (AvgIpc) is 2.19. The molecule has 1 aromatic carbocycles. The Hall–Kier alpha value is -2.24. The number of aliphatic hydroxyl groups excluding tert-OH is 1. The van der Waals surface area contributed by atoms with Gasteiger partial charge in [-0.3, -0.25) is 0 Å². The van der Waals surface area contributed by atoms with E-state index < -0.39 is 0 Å². The second-order valence-electron chi connectivity index (χ2n) is 2.36. The number of hydrogen-bond donors (Lipinski definition) is 1. The van der Waals surface area contributed by atoms with Crippen molar-refractivity contribution in [3.8, 4) is 12.0 Å². The van der Waals surface area contributed by atoms with Crippen molar-refractivity contribution >= 4 is 0 Å². The van der Waals surface area contributed by atoms with E-state index in [-0.39, 0.29) is 5.95 Å². The summed E-state index contributed by atoms with van der Waals surface area (Å²) < 4.78 is 9.10. The summed E-state index contributed by atoms with van der Waals surface area (Å²) in [6, 6.07) is 6.55. The molecule has 0 unspecified atom stereocenters. The van der Waals surface area contributed by atoms with Gasteiger partial charge in [-0.15, -0.1) is 5.26 Å². The van der Waals surface area contributed by atoms with Crippen molar-refractivity contribution in [2.45, 2.75) is 0 Å². The zero-order valence-electron chi connectivity index (χ0n) is 7.52. The minimum Gasteiger partial charge on any atom is -0.464 e. The van der Waals surface area contributed by atoms with Gasteiger partial charge in [0, 0.05) is 12.1 Å². The quantitative estimate of drug-likeness (QED) is 0.448. The summed E-state index contributed by atoms with van der Waals surface area (Å²) in [5.41, 5.74) is 0.567. The summed E-state index contributed by atoms with van der Waals surface area (Å²) >= 11 is 0. The molecule has 0 atom stereocenters. The van der Waals surface area contributed by atoms with Crippen molar-refractivity contribution in [2.75, 3.05) is 7.11 Å². The molecule has 0 heterocycles. The molecule has 1 aromatic rings. The van der Waals surface area contributed by atoms with E-state index in [4.69, 9.17) is 10.4 Å². The Morgan fingerprint density at radius 1 is 1.57 bits per heavy atom. The molecule has 1 rings (SSSR count). The smallest absolute Gasteiger partial charge is 0.400 e. The molecule has 0 radical (unpaired) electrons. The summed E-state index contributed by atoms with van der Waals surface area (Å²) in [4.78, 5) is 0. The lowest BCUT2D eigenvalue weighted by Gasteiger charge is -1.91. The Morgan fingerprint density at radius 3 is 3.00 bits per heavy atom. The fraction of sp³-hybridized carbons (Fsp3) is 0.100. The summed E-state index contributed by atoms with van der Waals surface area (Å²) in [6.45, 7) is 0. The lowest BCUT2D eigenvalue weighted by Crippen LogP contribution is -1.87. The number of nitrogens with zero attached hydrogens (tertiary/aromatic N) is 1. The first-order valence-corrected chi connectivity index (χ1v) is 3.79. The maximum absolute atomic E-state index is 9.01. The normalized spacial score (nSPS) is 9.86. The lowest BCUT2D eigenvalue weighted by atomic mass is 10.2. The Balaban J connectivity index is 2.89. The predicted molar refractivity (Wildman–Crippen MR) is 48.2 cm³/mol. The number of nitriles is 1. The van der Waals surface area contributed by atoms with Crippen LogP contribution in [0.3, 0.4) is 0 Å². The van der Waals surface area contributed by atoms with Gasteiger partial charge in [-0.1, -0.05) is 0 Å². The highest BCUT2D eigenvalue weighted by Crippen LogP contribution is 2.13. The van der Waals surface area contributed by atoms with E-state index in [1.807, 2.05) is 0 Å². The van der Waals surface area contributed by atoms with Gasteiger partial charge in [0.2, 0.25) is 0 Å². The number of rotatable bonds is 3. The number of hydrogen-bond acceptors (Lipinski definition) is 4. The van der Waals surface area contributed by atoms with Crippen LogP contribution in [-0.2, 0) is 4.74 Å². The maximum atomic E-state index is 9.01. The van der Waals surface area contributed by atoms with Crippen LogP contribution >= 0.6 is 0 Å². The van der Waals surface area contributed by atoms with Gasteiger partial charge in [0.25, 0.3) is 6.26 Å². The van der Waals surface area contributed by atoms with Gasteiger partial charge in [-0.05, 0) is 0 Å². The first-order valence-electron chi connectivity index (χ1n) is 3.79. The van der Waals surface area contributed by atoms with Crippen LogP contribution in [0.5, 0.6) is 5.75 Å². The Morgan fingerprint density at radius 2 is 2.36 bits per heavy atom. The highest BCUT2D eigenvalue weighted by atomic mass is 16.6. The van der Waals surface area contributed by atoms with Crippen molar-refractivity contribution in [3.05, 3.63) is 41.9 Å². The molecular weight excluding hydrogens is 182 g/mol. The molecule has 0 bridgehead atoms. The van der Waals surface area contributed by atoms with Gasteiger partial charge in [0.05, 0.1) is 13.2 Å². The van der Waals surface area contributed by atoms with Crippen LogP contribution in [0.4, 0.5) is 0 Å². The van der Waals surface area contributed by atoms with Crippen molar-refractivity contribution < 1.29 is 14.6 Å². The zero-order chi connectivity index (χ0) is 10.4. The van der Waals surface area contributed by atoms with Gasteiger partial charge < -0.3 is 14.6 Å². The number of methoxy groups -OCH3 is 1. The summed E-state index contributed by atoms with van der Waals surface area (Å²) in [7, 11) is 1.33. The van der Waals surface area contributed by atoms with Crippen molar-refractivity contribution in [1.29, 1.82) is 5.26 Å². The summed E-state index contributed by atoms with van der Waals surface area (Å²) in [5.74, 6) is 0.0699. The number of ether oxygens (including phenoxy) is 2. The van der Waals surface area contributed by atoms with Crippen LogP contribution in [0.15, 0.2) is 30.2 Å². The minimum absolute atomic E-state index is 0.320. The standard InChI is InChI=1S/C10H7NO3/c1-13-10(12)6-8-3-2-4-9(5-8)14-7-11/h2-5H,1H3/p+1. The summed E-state index contributed by atoms with van der Waals surface area (Å²) in [5, 5.41) is 17.3. The lowest BCUT2D eigenvalue weighted by molar-refractivity contribution is 0.134. The van der Waals surface area contributed by atoms with Crippen LogP contribution in [-0.4, -0.2) is 12.2 Å². The van der Waals surface area contributed by atoms with Gasteiger partial charge >= 0.3 is 5.95 Å². The molecule has 0 saturated carbocycles. The monoisotopic (exact) mass is 190 g/mol. The molecule has 70 valence electrons. The molecule has 0 aromatic heterocycles. The highest BCUT2D eigenvalue weighted by Gasteiger charge is 2.06. The van der Waals surface area contributed by atoms with Crippen LogP contribution in [0, 0.1) is 17.6 Å². The topological polar surface area (TPSA) is 62.5 Å². The van der Waals surface area contributed by atoms with E-state index in [2.05, 4.69) is 15.5 Å². The highest BCUT2D eigenvalue weighted by molar-refractivity contribution is 5.32. The van der Waals surface area contributed by atoms with E-state index in [1.54, 1.807) is 30.5 Å². The third-order valence-corrected chi connectivity index (χ3v) is 1.44. The van der Waals surface area contributed by atoms with Gasteiger partial charge in [-0.2, -0.15) is 0 Å². The van der Waals surface area contributed by atoms with Crippen LogP contribution in [0.2, 0.25) is 0 Å². The average molecular weight is 190 g/mol. The van der Waals surface area contributed by atoms with Gasteiger partial charge in [0.15, 0.2) is 11.3 Å². The molecule has 4 nitrogen and oxygen atoms in total. The molecule has 1 N–H and O–H groups in total. The largest absolute Gasteiger partial charge is 0.464 e. The first-order chi connectivity index (χ1) is 6.76. The summed E-state index contributed by atoms with van der Waals surface area (Å²) in [6.07, 6.45) is 4.10. The van der Waals surface area contributed by atoms with Crippen molar-refractivity contribution in [1.82, 2.24) is 0 Å². The SMILES string of the molecule is COC(O)=[C+]c1cccc(OC#N)c1. The van der Waals surface area contributed by atoms with Crippen molar-refractivity contribution in [2.24, 2.45) is 0 Å². The van der Waals surface area contributed by atoms with E-state index >= 15 is 0 Å². The van der Waals surface area contributed by atoms with Crippen LogP contribution in [0.25, 0.3) is 0 Å². The van der Waals surface area contributed by atoms with Crippen molar-refractivity contribution in [3.63, 3.8) is 0 Å². The molecule has 0 aliphatic rings. The Labute approximate surface area is 81.6 Å². The fourth-order valence-electron chi connectivity index (χ4n) is 0.865. The fourth-order valence-corrected chi connectivity index (χ4v) is 0.865. The molecule has 0 saturated heterocycles. The van der Waals surface area contributed by atoms with E-state index in [9.17, 15) is 0 Å². The van der Waals surface area contributed by atoms with Gasteiger partial charge in [0.1, 0.15) is 12.1 Å². The predicted octanol–water partition coefficient (Wildman–Crippen LogP) is 1.74. The van der Waals surface area contributed by atoms with E-state index in [0.29, 0.717) is 11.3 Å². The Kier molecular flexibility index (Phi) is 3.31. The number of aliphatic hydroxyl groups is 1. The van der Waals surface area contributed by atoms with E-state index in [0.717, 1.165) is 0 Å². The van der Waals surface area contributed by atoms with Crippen LogP contribution < -0.4 is 4.74 Å². The molecule has 0 aliphatic heterocycles. The maximum Gasteiger partial charge on any atom is 0.400 e. The number of benzene rings is 1.